The van der Waals surface area contributed by atoms with Crippen LogP contribution < -0.4 is 21.5 Å². The highest BCUT2D eigenvalue weighted by Gasteiger charge is 2.37. The summed E-state index contributed by atoms with van der Waals surface area (Å²) in [5, 5.41) is 12.5. The maximum absolute atomic E-state index is 15.1. The number of aromatic nitrogens is 1. The van der Waals surface area contributed by atoms with Gasteiger partial charge in [-0.1, -0.05) is 85.2 Å². The molecule has 6 rings (SSSR count). The van der Waals surface area contributed by atoms with Gasteiger partial charge in [-0.05, 0) is 92.4 Å². The molecule has 0 spiro atoms. The average Bonchev–Trinajstić information content (AvgIpc) is 3.97. The van der Waals surface area contributed by atoms with Crippen LogP contribution in [0.1, 0.15) is 112 Å². The molecule has 1 aliphatic heterocycles. The quantitative estimate of drug-likeness (QED) is 0.0678. The molecule has 1 atom stereocenters. The van der Waals surface area contributed by atoms with Crippen molar-refractivity contribution in [1.82, 2.24) is 10.3 Å². The lowest BCUT2D eigenvalue weighted by atomic mass is 9.84. The molecule has 55 heavy (non-hydrogen) atoms. The summed E-state index contributed by atoms with van der Waals surface area (Å²) in [6.45, 7) is 22.8. The highest BCUT2D eigenvalue weighted by atomic mass is 19.1. The number of ether oxygens (including phenoxy) is 1. The van der Waals surface area contributed by atoms with Gasteiger partial charge in [0.15, 0.2) is 0 Å². The SMILES string of the molecule is C#CN.C=CNCC(c1cccc(C#N)c1)c1cc2c(c(-c3cc(CC)c(F)cc3F)n1)OCC2(C)C.CC.CC.Cc1cc(C)c(N)c(C=NC2CC2)c1. The van der Waals surface area contributed by atoms with Crippen molar-refractivity contribution in [2.75, 3.05) is 18.9 Å². The lowest BCUT2D eigenvalue weighted by molar-refractivity contribution is 0.291. The summed E-state index contributed by atoms with van der Waals surface area (Å²) in [6.07, 6.45) is 10.8. The van der Waals surface area contributed by atoms with Gasteiger partial charge in [0.05, 0.1) is 30.0 Å². The molecule has 5 N–H and O–H groups in total. The summed E-state index contributed by atoms with van der Waals surface area (Å²) in [7, 11) is 0. The molecule has 0 radical (unpaired) electrons. The van der Waals surface area contributed by atoms with E-state index in [4.69, 9.17) is 15.5 Å². The molecule has 1 fully saturated rings. The number of terminal acetylenes is 1. The van der Waals surface area contributed by atoms with Crippen molar-refractivity contribution in [2.24, 2.45) is 10.7 Å². The Balaban J connectivity index is 0.000000411. The zero-order valence-corrected chi connectivity index (χ0v) is 34.0. The van der Waals surface area contributed by atoms with Crippen molar-refractivity contribution in [1.29, 1.82) is 5.26 Å². The summed E-state index contributed by atoms with van der Waals surface area (Å²) in [4.78, 5) is 9.33. The molecular weight excluding hydrogens is 691 g/mol. The molecule has 2 aliphatic rings. The van der Waals surface area contributed by atoms with E-state index in [-0.39, 0.29) is 16.9 Å². The minimum atomic E-state index is -0.679. The number of benzene rings is 3. The second-order valence-corrected chi connectivity index (χ2v) is 13.4. The van der Waals surface area contributed by atoms with E-state index in [1.807, 2.05) is 72.0 Å². The average molecular weight is 749 g/mol. The third kappa shape index (κ3) is 12.2. The number of halogens is 2. The third-order valence-corrected chi connectivity index (χ3v) is 8.85. The summed E-state index contributed by atoms with van der Waals surface area (Å²) in [5.74, 6) is -0.954. The molecule has 3 aromatic carbocycles. The van der Waals surface area contributed by atoms with Crippen LogP contribution in [0.5, 0.6) is 5.75 Å². The first-order valence-electron chi connectivity index (χ1n) is 18.9. The van der Waals surface area contributed by atoms with E-state index in [1.54, 1.807) is 18.3 Å². The Bertz CT molecular complexity index is 2000. The molecule has 0 saturated heterocycles. The number of nitriles is 1. The normalized spacial score (nSPS) is 13.5. The second-order valence-electron chi connectivity index (χ2n) is 13.4. The molecule has 292 valence electrons. The largest absolute Gasteiger partial charge is 0.490 e. The van der Waals surface area contributed by atoms with Crippen molar-refractivity contribution in [3.63, 3.8) is 0 Å². The van der Waals surface area contributed by atoms with Gasteiger partial charge < -0.3 is 21.5 Å². The summed E-state index contributed by atoms with van der Waals surface area (Å²) < 4.78 is 35.3. The maximum Gasteiger partial charge on any atom is 0.149 e. The number of nitrogens with zero attached hydrogens (tertiary/aromatic N) is 3. The molecule has 0 amide bonds. The van der Waals surface area contributed by atoms with Crippen molar-refractivity contribution < 1.29 is 13.5 Å². The van der Waals surface area contributed by atoms with E-state index in [0.29, 0.717) is 53.9 Å². The Kier molecular flexibility index (Phi) is 18.1. The minimum Gasteiger partial charge on any atom is -0.490 e. The third-order valence-electron chi connectivity index (χ3n) is 8.85. The Morgan fingerprint density at radius 3 is 2.36 bits per heavy atom. The van der Waals surface area contributed by atoms with Crippen LogP contribution in [0.15, 0.2) is 72.4 Å². The number of hydrogen-bond acceptors (Lipinski definition) is 7. The number of nitrogens with two attached hydrogens (primary N) is 2. The zero-order chi connectivity index (χ0) is 41.3. The van der Waals surface area contributed by atoms with Crippen LogP contribution in [0.3, 0.4) is 0 Å². The first kappa shape index (κ1) is 45.5. The van der Waals surface area contributed by atoms with Crippen molar-refractivity contribution in [3.05, 3.63) is 124 Å². The topological polar surface area (TPSA) is 122 Å². The summed E-state index contributed by atoms with van der Waals surface area (Å²) in [6, 6.07) is 20.5. The fourth-order valence-electron chi connectivity index (χ4n) is 5.89. The summed E-state index contributed by atoms with van der Waals surface area (Å²) >= 11 is 0. The van der Waals surface area contributed by atoms with Gasteiger partial charge >= 0.3 is 0 Å². The van der Waals surface area contributed by atoms with Gasteiger partial charge in [-0.2, -0.15) is 5.26 Å². The molecule has 1 aromatic heterocycles. The van der Waals surface area contributed by atoms with Gasteiger partial charge in [-0.25, -0.2) is 13.8 Å². The second kappa shape index (κ2) is 21.9. The molecule has 0 bridgehead atoms. The van der Waals surface area contributed by atoms with E-state index >= 15 is 4.39 Å². The van der Waals surface area contributed by atoms with Gasteiger partial charge in [-0.3, -0.25) is 4.99 Å². The summed E-state index contributed by atoms with van der Waals surface area (Å²) in [5.41, 5.74) is 18.4. The van der Waals surface area contributed by atoms with Crippen LogP contribution in [-0.4, -0.2) is 30.4 Å². The highest BCUT2D eigenvalue weighted by Crippen LogP contribution is 2.46. The molecule has 1 aliphatic carbocycles. The fourth-order valence-corrected chi connectivity index (χ4v) is 5.89. The van der Waals surface area contributed by atoms with Crippen molar-refractivity contribution in [2.45, 2.75) is 99.0 Å². The lowest BCUT2D eigenvalue weighted by Crippen LogP contribution is -2.21. The van der Waals surface area contributed by atoms with Gasteiger partial charge in [-0.15, -0.1) is 0 Å². The van der Waals surface area contributed by atoms with Crippen LogP contribution in [0, 0.1) is 49.3 Å². The maximum atomic E-state index is 15.1. The highest BCUT2D eigenvalue weighted by molar-refractivity contribution is 5.88. The van der Waals surface area contributed by atoms with Gasteiger partial charge in [0, 0.05) is 52.5 Å². The predicted octanol–water partition coefficient (Wildman–Crippen LogP) is 10.1. The minimum absolute atomic E-state index is 0.218. The van der Waals surface area contributed by atoms with Crippen LogP contribution in [0.4, 0.5) is 14.5 Å². The Morgan fingerprint density at radius 2 is 1.76 bits per heavy atom. The molecule has 1 saturated carbocycles. The van der Waals surface area contributed by atoms with Gasteiger partial charge in [0.2, 0.25) is 0 Å². The first-order valence-corrected chi connectivity index (χ1v) is 18.9. The molecular formula is C46H58F2N6O. The van der Waals surface area contributed by atoms with Crippen LogP contribution >= 0.6 is 0 Å². The number of rotatable bonds is 9. The number of nitrogen functional groups attached to an aromatic ring is 1. The standard InChI is InChI=1S/C28H27F2N3O.C12H16N2.C2H3N.2C2H6/c1-5-18-11-20(24(30)13-23(18)29)26-27-22(28(3,4)16-34-27)12-25(33-26)21(15-32-6-2)19-9-7-8-17(10-19)14-31;1-8-5-9(2)12(13)10(6-8)7-14-11-3-4-11;1-2-3;2*1-2/h6-13,21,32H,2,5,15-16H2,1,3-4H3;5-7,11H,3-4,13H2,1-2H3;1H,3H2;2*1-2H3. The molecule has 1 unspecified atom stereocenters. The van der Waals surface area contributed by atoms with E-state index in [0.717, 1.165) is 34.0 Å². The van der Waals surface area contributed by atoms with Crippen LogP contribution in [0.25, 0.3) is 11.3 Å². The molecule has 4 aromatic rings. The Labute approximate surface area is 327 Å². The van der Waals surface area contributed by atoms with Crippen LogP contribution in [0.2, 0.25) is 0 Å². The number of fused-ring (bicyclic) bond motifs is 1. The predicted molar refractivity (Wildman–Crippen MR) is 225 cm³/mol. The number of aryl methyl sites for hydroxylation is 3. The van der Waals surface area contributed by atoms with Gasteiger partial charge in [0.25, 0.3) is 0 Å². The lowest BCUT2D eigenvalue weighted by Gasteiger charge is -2.22. The van der Waals surface area contributed by atoms with E-state index < -0.39 is 11.6 Å². The number of pyridine rings is 1. The smallest absolute Gasteiger partial charge is 0.149 e. The van der Waals surface area contributed by atoms with Crippen molar-refractivity contribution >= 4 is 11.9 Å². The van der Waals surface area contributed by atoms with Crippen molar-refractivity contribution in [3.8, 4) is 35.5 Å². The van der Waals surface area contributed by atoms with E-state index in [9.17, 15) is 9.65 Å². The fraction of sp³-hybridized carbons (Fsp3) is 0.370. The zero-order valence-electron chi connectivity index (χ0n) is 34.0. The number of nitrogens with one attached hydrogen (secondary N) is 1. The molecule has 7 nitrogen and oxygen atoms in total. The van der Waals surface area contributed by atoms with Crippen LogP contribution in [-0.2, 0) is 11.8 Å². The Morgan fingerprint density at radius 1 is 1.09 bits per heavy atom. The molecule has 9 heteroatoms. The number of aliphatic imine (C=N–C) groups is 1. The monoisotopic (exact) mass is 748 g/mol. The van der Waals surface area contributed by atoms with E-state index in [1.165, 1.54) is 24.5 Å². The van der Waals surface area contributed by atoms with Gasteiger partial charge in [0.1, 0.15) is 23.1 Å². The first-order chi connectivity index (χ1) is 26.4. The molecule has 2 heterocycles. The Hall–Kier alpha value is -5.67. The number of anilines is 1. The van der Waals surface area contributed by atoms with E-state index in [2.05, 4.69) is 68.0 Å². The number of hydrogen-bond donors (Lipinski definition) is 3.